The van der Waals surface area contributed by atoms with Crippen molar-refractivity contribution in [3.63, 3.8) is 0 Å². The minimum atomic E-state index is -1.09. The summed E-state index contributed by atoms with van der Waals surface area (Å²) in [6, 6.07) is 11.2. The van der Waals surface area contributed by atoms with Gasteiger partial charge in [0.1, 0.15) is 0 Å². The number of rotatable bonds is 3. The van der Waals surface area contributed by atoms with Crippen molar-refractivity contribution in [2.24, 2.45) is 0 Å². The predicted octanol–water partition coefficient (Wildman–Crippen LogP) is 4.10. The van der Waals surface area contributed by atoms with Gasteiger partial charge in [-0.2, -0.15) is 0 Å². The number of nitrogens with one attached hydrogen (secondary N) is 2. The topological polar surface area (TPSA) is 78.4 Å². The molecule has 0 bridgehead atoms. The molecule has 0 saturated carbocycles. The molecule has 0 unspecified atom stereocenters. The smallest absolute Gasteiger partial charge is 0.337 e. The minimum Gasteiger partial charge on any atom is -0.478 e. The molecule has 2 amide bonds. The second kappa shape index (κ2) is 6.41. The second-order valence-corrected chi connectivity index (χ2v) is 5.20. The van der Waals surface area contributed by atoms with Gasteiger partial charge in [0.25, 0.3) is 0 Å². The fraction of sp³-hybridized carbons (Fsp3) is 0.0667. The molecule has 3 N–H and O–H groups in total. The molecule has 0 heterocycles. The summed E-state index contributed by atoms with van der Waals surface area (Å²) in [6.07, 6.45) is 0. The molecule has 108 valence electrons. The molecule has 21 heavy (non-hydrogen) atoms. The average Bonchev–Trinajstić information content (AvgIpc) is 2.44. The molecule has 0 aliphatic carbocycles. The number of halogens is 1. The first kappa shape index (κ1) is 15.1. The van der Waals surface area contributed by atoms with Crippen LogP contribution in [0.15, 0.2) is 46.9 Å². The highest BCUT2D eigenvalue weighted by Gasteiger charge is 2.12. The van der Waals surface area contributed by atoms with Crippen LogP contribution < -0.4 is 10.6 Å². The minimum absolute atomic E-state index is 0.0404. The van der Waals surface area contributed by atoms with Crippen LogP contribution in [0.4, 0.5) is 16.2 Å². The van der Waals surface area contributed by atoms with E-state index >= 15 is 0 Å². The lowest BCUT2D eigenvalue weighted by Crippen LogP contribution is -2.21. The summed E-state index contributed by atoms with van der Waals surface area (Å²) in [5.74, 6) is -1.09. The number of anilines is 2. The van der Waals surface area contributed by atoms with Gasteiger partial charge in [-0.25, -0.2) is 9.59 Å². The van der Waals surface area contributed by atoms with E-state index in [-0.39, 0.29) is 11.3 Å². The van der Waals surface area contributed by atoms with Crippen molar-refractivity contribution in [3.8, 4) is 0 Å². The molecular weight excluding hydrogens is 336 g/mol. The van der Waals surface area contributed by atoms with Crippen LogP contribution in [-0.2, 0) is 0 Å². The third-order valence-corrected chi connectivity index (χ3v) is 3.78. The Bertz CT molecular complexity index is 701. The molecule has 0 aliphatic heterocycles. The number of carboxylic acids is 1. The van der Waals surface area contributed by atoms with E-state index < -0.39 is 12.0 Å². The van der Waals surface area contributed by atoms with Gasteiger partial charge >= 0.3 is 12.0 Å². The molecule has 0 spiro atoms. The van der Waals surface area contributed by atoms with E-state index in [1.807, 2.05) is 13.0 Å². The summed E-state index contributed by atoms with van der Waals surface area (Å²) >= 11 is 3.38. The van der Waals surface area contributed by atoms with E-state index in [0.717, 1.165) is 10.0 Å². The Labute approximate surface area is 130 Å². The molecule has 0 aromatic heterocycles. The first-order chi connectivity index (χ1) is 9.99. The molecule has 0 atom stereocenters. The number of hydrogen-bond acceptors (Lipinski definition) is 2. The SMILES string of the molecule is Cc1c(Br)cccc1NC(=O)Nc1ccccc1C(=O)O. The Morgan fingerprint density at radius 2 is 1.62 bits per heavy atom. The summed E-state index contributed by atoms with van der Waals surface area (Å²) in [5.41, 5.74) is 1.82. The Morgan fingerprint density at radius 3 is 2.33 bits per heavy atom. The van der Waals surface area contributed by atoms with Crippen LogP contribution in [0.1, 0.15) is 15.9 Å². The fourth-order valence-electron chi connectivity index (χ4n) is 1.80. The zero-order valence-electron chi connectivity index (χ0n) is 11.2. The number of carboxylic acid groups (broad SMARTS) is 1. The zero-order valence-corrected chi connectivity index (χ0v) is 12.8. The van der Waals surface area contributed by atoms with E-state index in [9.17, 15) is 9.59 Å². The normalized spacial score (nSPS) is 10.0. The maximum Gasteiger partial charge on any atom is 0.337 e. The molecule has 2 aromatic rings. The Hall–Kier alpha value is -2.34. The number of para-hydroxylation sites is 1. The second-order valence-electron chi connectivity index (χ2n) is 4.34. The van der Waals surface area contributed by atoms with E-state index in [0.29, 0.717) is 5.69 Å². The summed E-state index contributed by atoms with van der Waals surface area (Å²) in [4.78, 5) is 23.1. The maximum atomic E-state index is 12.0. The highest BCUT2D eigenvalue weighted by atomic mass is 79.9. The summed E-state index contributed by atoms with van der Waals surface area (Å²) in [6.45, 7) is 1.87. The number of carbonyl (C=O) groups is 2. The number of amides is 2. The van der Waals surface area contributed by atoms with Crippen molar-refractivity contribution in [1.29, 1.82) is 0 Å². The van der Waals surface area contributed by atoms with Gasteiger partial charge in [0.15, 0.2) is 0 Å². The van der Waals surface area contributed by atoms with Crippen LogP contribution in [0.3, 0.4) is 0 Å². The van der Waals surface area contributed by atoms with E-state index in [2.05, 4.69) is 26.6 Å². The van der Waals surface area contributed by atoms with Gasteiger partial charge in [0, 0.05) is 10.2 Å². The number of benzene rings is 2. The number of urea groups is 1. The summed E-state index contributed by atoms with van der Waals surface area (Å²) in [7, 11) is 0. The van der Waals surface area contributed by atoms with Crippen LogP contribution in [0.25, 0.3) is 0 Å². The van der Waals surface area contributed by atoms with Crippen molar-refractivity contribution in [2.45, 2.75) is 6.92 Å². The largest absolute Gasteiger partial charge is 0.478 e. The van der Waals surface area contributed by atoms with Crippen LogP contribution >= 0.6 is 15.9 Å². The molecule has 5 nitrogen and oxygen atoms in total. The first-order valence-corrected chi connectivity index (χ1v) is 6.94. The van der Waals surface area contributed by atoms with Crippen LogP contribution in [0.5, 0.6) is 0 Å². The zero-order chi connectivity index (χ0) is 15.4. The summed E-state index contributed by atoms with van der Waals surface area (Å²) < 4.78 is 0.881. The van der Waals surface area contributed by atoms with Gasteiger partial charge in [-0.15, -0.1) is 0 Å². The fourth-order valence-corrected chi connectivity index (χ4v) is 2.16. The predicted molar refractivity (Wildman–Crippen MR) is 84.9 cm³/mol. The molecule has 6 heteroatoms. The van der Waals surface area contributed by atoms with Gasteiger partial charge in [-0.3, -0.25) is 0 Å². The Kier molecular flexibility index (Phi) is 4.59. The molecule has 2 rings (SSSR count). The van der Waals surface area contributed by atoms with Gasteiger partial charge in [0.2, 0.25) is 0 Å². The van der Waals surface area contributed by atoms with E-state index in [1.165, 1.54) is 12.1 Å². The van der Waals surface area contributed by atoms with Crippen LogP contribution in [-0.4, -0.2) is 17.1 Å². The lowest BCUT2D eigenvalue weighted by Gasteiger charge is -2.12. The van der Waals surface area contributed by atoms with Gasteiger partial charge in [0.05, 0.1) is 11.3 Å². The van der Waals surface area contributed by atoms with Gasteiger partial charge in [-0.05, 0) is 36.8 Å². The quantitative estimate of drug-likeness (QED) is 0.781. The molecule has 0 fully saturated rings. The van der Waals surface area contributed by atoms with Gasteiger partial charge in [-0.1, -0.05) is 34.1 Å². The van der Waals surface area contributed by atoms with Crippen molar-refractivity contribution < 1.29 is 14.7 Å². The maximum absolute atomic E-state index is 12.0. The Morgan fingerprint density at radius 1 is 1.00 bits per heavy atom. The highest BCUT2D eigenvalue weighted by Crippen LogP contribution is 2.24. The number of carbonyl (C=O) groups excluding carboxylic acids is 1. The lowest BCUT2D eigenvalue weighted by atomic mass is 10.2. The molecule has 0 aliphatic rings. The lowest BCUT2D eigenvalue weighted by molar-refractivity contribution is 0.0698. The average molecular weight is 349 g/mol. The van der Waals surface area contributed by atoms with Crippen molar-refractivity contribution >= 4 is 39.3 Å². The first-order valence-electron chi connectivity index (χ1n) is 6.14. The van der Waals surface area contributed by atoms with Crippen molar-refractivity contribution in [2.75, 3.05) is 10.6 Å². The number of hydrogen-bond donors (Lipinski definition) is 3. The van der Waals surface area contributed by atoms with Crippen molar-refractivity contribution in [3.05, 3.63) is 58.1 Å². The molecule has 0 saturated heterocycles. The third kappa shape index (κ3) is 3.61. The molecule has 2 aromatic carbocycles. The molecular formula is C15H13BrN2O3. The highest BCUT2D eigenvalue weighted by molar-refractivity contribution is 9.10. The van der Waals surface area contributed by atoms with Crippen LogP contribution in [0, 0.1) is 6.92 Å². The van der Waals surface area contributed by atoms with Crippen molar-refractivity contribution in [1.82, 2.24) is 0 Å². The van der Waals surface area contributed by atoms with Crippen LogP contribution in [0.2, 0.25) is 0 Å². The summed E-state index contributed by atoms with van der Waals surface area (Å²) in [5, 5.41) is 14.3. The van der Waals surface area contributed by atoms with E-state index in [4.69, 9.17) is 5.11 Å². The van der Waals surface area contributed by atoms with Gasteiger partial charge < -0.3 is 15.7 Å². The standard InChI is InChI=1S/C15H13BrN2O3/c1-9-11(16)6-4-8-12(9)17-15(21)18-13-7-3-2-5-10(13)14(19)20/h2-8H,1H3,(H,19,20)(H2,17,18,21). The monoisotopic (exact) mass is 348 g/mol. The third-order valence-electron chi connectivity index (χ3n) is 2.92. The van der Waals surface area contributed by atoms with E-state index in [1.54, 1.807) is 24.3 Å². The Balaban J connectivity index is 2.16. The molecule has 0 radical (unpaired) electrons. The number of aromatic carboxylic acids is 1.